The van der Waals surface area contributed by atoms with Crippen molar-refractivity contribution in [2.45, 2.75) is 6.54 Å². The number of carbonyl (C=O) groups excluding carboxylic acids is 1. The van der Waals surface area contributed by atoms with Crippen molar-refractivity contribution in [1.29, 1.82) is 0 Å². The lowest BCUT2D eigenvalue weighted by Crippen LogP contribution is -2.37. The maximum atomic E-state index is 12.7. The van der Waals surface area contributed by atoms with Crippen LogP contribution in [0.4, 0.5) is 5.69 Å². The number of nitrogens with one attached hydrogen (secondary N) is 2. The zero-order valence-corrected chi connectivity index (χ0v) is 14.3. The van der Waals surface area contributed by atoms with Crippen molar-refractivity contribution in [3.8, 4) is 0 Å². The summed E-state index contributed by atoms with van der Waals surface area (Å²) in [7, 11) is 0. The van der Waals surface area contributed by atoms with Crippen LogP contribution in [0.2, 0.25) is 0 Å². The van der Waals surface area contributed by atoms with Crippen molar-refractivity contribution >= 4 is 11.6 Å². The molecule has 0 spiro atoms. The van der Waals surface area contributed by atoms with Crippen molar-refractivity contribution < 1.29 is 4.79 Å². The molecule has 8 heteroatoms. The summed E-state index contributed by atoms with van der Waals surface area (Å²) in [4.78, 5) is 44.2. The number of H-pyrrole nitrogens is 2. The van der Waals surface area contributed by atoms with Gasteiger partial charge in [-0.1, -0.05) is 30.3 Å². The Hall–Kier alpha value is -2.87. The predicted molar refractivity (Wildman–Crippen MR) is 96.7 cm³/mol. The number of anilines is 1. The molecular weight excluding hydrogens is 334 g/mol. The Bertz CT molecular complexity index is 922. The van der Waals surface area contributed by atoms with Crippen LogP contribution in [-0.2, 0) is 6.54 Å². The molecule has 26 heavy (non-hydrogen) atoms. The second kappa shape index (κ2) is 6.45. The van der Waals surface area contributed by atoms with Gasteiger partial charge >= 0.3 is 5.69 Å². The van der Waals surface area contributed by atoms with Crippen LogP contribution >= 0.6 is 0 Å². The van der Waals surface area contributed by atoms with E-state index in [0.717, 1.165) is 19.6 Å². The van der Waals surface area contributed by atoms with E-state index >= 15 is 0 Å². The number of carbonyl (C=O) groups is 1. The van der Waals surface area contributed by atoms with E-state index in [2.05, 4.69) is 22.0 Å². The molecule has 2 atom stereocenters. The quantitative estimate of drug-likeness (QED) is 0.708. The largest absolute Gasteiger partial charge is 0.392 e. The third-order valence-corrected chi connectivity index (χ3v) is 5.29. The molecule has 136 valence electrons. The van der Waals surface area contributed by atoms with Gasteiger partial charge in [0, 0.05) is 32.7 Å². The fourth-order valence-corrected chi connectivity index (χ4v) is 4.05. The fourth-order valence-electron chi connectivity index (χ4n) is 4.05. The first-order chi connectivity index (χ1) is 12.5. The average molecular weight is 355 g/mol. The lowest BCUT2D eigenvalue weighted by Gasteiger charge is -2.21. The Morgan fingerprint density at radius 3 is 2.35 bits per heavy atom. The Labute approximate surface area is 149 Å². The molecule has 0 saturated carbocycles. The Morgan fingerprint density at radius 1 is 1.04 bits per heavy atom. The number of aromatic nitrogens is 2. The molecule has 2 saturated heterocycles. The summed E-state index contributed by atoms with van der Waals surface area (Å²) in [5, 5.41) is 0. The van der Waals surface area contributed by atoms with E-state index in [9.17, 15) is 14.4 Å². The van der Waals surface area contributed by atoms with Crippen LogP contribution in [0.5, 0.6) is 0 Å². The SMILES string of the molecule is Nc1c(C(=O)N2C[C@H]3CN(Cc4ccccc4)C[C@H]3C2)[nH]c(=O)[nH]c1=O. The van der Waals surface area contributed by atoms with E-state index in [0.29, 0.717) is 24.9 Å². The van der Waals surface area contributed by atoms with Crippen molar-refractivity contribution in [2.75, 3.05) is 31.9 Å². The van der Waals surface area contributed by atoms with Crippen LogP contribution in [0.1, 0.15) is 16.1 Å². The Morgan fingerprint density at radius 2 is 1.69 bits per heavy atom. The van der Waals surface area contributed by atoms with Crippen molar-refractivity contribution in [1.82, 2.24) is 19.8 Å². The van der Waals surface area contributed by atoms with Gasteiger partial charge in [0.05, 0.1) is 0 Å². The standard InChI is InChI=1S/C18H21N5O3/c19-14-15(20-18(26)21-16(14)24)17(25)23-9-12-7-22(8-13(12)10-23)6-11-4-2-1-3-5-11/h1-5,12-13H,6-10,19H2,(H2,20,21,24,26)/t12-,13+. The molecule has 3 heterocycles. The number of hydrogen-bond donors (Lipinski definition) is 3. The number of hydrogen-bond acceptors (Lipinski definition) is 5. The topological polar surface area (TPSA) is 115 Å². The average Bonchev–Trinajstić information content (AvgIpc) is 3.17. The first kappa shape index (κ1) is 16.6. The lowest BCUT2D eigenvalue weighted by atomic mass is 10.0. The van der Waals surface area contributed by atoms with Gasteiger partial charge in [0.15, 0.2) is 0 Å². The normalized spacial score (nSPS) is 22.5. The van der Waals surface area contributed by atoms with Gasteiger partial charge in [-0.25, -0.2) is 4.79 Å². The molecule has 2 aliphatic heterocycles. The number of likely N-dealkylation sites (tertiary alicyclic amines) is 2. The molecular formula is C18H21N5O3. The number of nitrogen functional groups attached to an aromatic ring is 1. The van der Waals surface area contributed by atoms with Crippen LogP contribution in [0.15, 0.2) is 39.9 Å². The summed E-state index contributed by atoms with van der Waals surface area (Å²) in [5.41, 5.74) is 5.16. The molecule has 0 aliphatic carbocycles. The molecule has 4 N–H and O–H groups in total. The maximum Gasteiger partial charge on any atom is 0.326 e. The smallest absolute Gasteiger partial charge is 0.326 e. The summed E-state index contributed by atoms with van der Waals surface area (Å²) >= 11 is 0. The van der Waals surface area contributed by atoms with Crippen molar-refractivity contribution in [3.05, 3.63) is 62.4 Å². The summed E-state index contributed by atoms with van der Waals surface area (Å²) in [6.07, 6.45) is 0. The molecule has 0 bridgehead atoms. The minimum Gasteiger partial charge on any atom is -0.392 e. The van der Waals surface area contributed by atoms with Crippen LogP contribution in [0, 0.1) is 11.8 Å². The van der Waals surface area contributed by atoms with Crippen molar-refractivity contribution in [2.24, 2.45) is 11.8 Å². The molecule has 1 aromatic heterocycles. The number of rotatable bonds is 3. The zero-order valence-electron chi connectivity index (χ0n) is 14.3. The van der Waals surface area contributed by atoms with Gasteiger partial charge in [-0.15, -0.1) is 0 Å². The number of nitrogens with zero attached hydrogens (tertiary/aromatic N) is 2. The van der Waals surface area contributed by atoms with Crippen molar-refractivity contribution in [3.63, 3.8) is 0 Å². The zero-order chi connectivity index (χ0) is 18.3. The minimum atomic E-state index is -0.731. The molecule has 1 aromatic carbocycles. The summed E-state index contributed by atoms with van der Waals surface area (Å²) in [5.74, 6) is 0.421. The third-order valence-electron chi connectivity index (χ3n) is 5.29. The first-order valence-electron chi connectivity index (χ1n) is 8.69. The Kier molecular flexibility index (Phi) is 4.12. The highest BCUT2D eigenvalue weighted by molar-refractivity contribution is 5.97. The third kappa shape index (κ3) is 3.03. The molecule has 2 fully saturated rings. The number of aromatic amines is 2. The van der Waals surface area contributed by atoms with Crippen LogP contribution < -0.4 is 17.0 Å². The molecule has 4 rings (SSSR count). The summed E-state index contributed by atoms with van der Waals surface area (Å²) < 4.78 is 0. The lowest BCUT2D eigenvalue weighted by molar-refractivity contribution is 0.0768. The summed E-state index contributed by atoms with van der Waals surface area (Å²) in [6, 6.07) is 10.3. The number of amides is 1. The van der Waals surface area contributed by atoms with Gasteiger partial charge < -0.3 is 15.6 Å². The summed E-state index contributed by atoms with van der Waals surface area (Å²) in [6.45, 7) is 4.01. The molecule has 0 radical (unpaired) electrons. The van der Waals surface area contributed by atoms with Gasteiger partial charge in [0.2, 0.25) is 0 Å². The highest BCUT2D eigenvalue weighted by Gasteiger charge is 2.42. The van der Waals surface area contributed by atoms with Crippen LogP contribution in [-0.4, -0.2) is 51.9 Å². The van der Waals surface area contributed by atoms with E-state index in [1.807, 2.05) is 23.2 Å². The fraction of sp³-hybridized carbons (Fsp3) is 0.389. The van der Waals surface area contributed by atoms with E-state index < -0.39 is 11.2 Å². The van der Waals surface area contributed by atoms with Gasteiger partial charge in [0.1, 0.15) is 11.4 Å². The number of nitrogens with two attached hydrogens (primary N) is 1. The van der Waals surface area contributed by atoms with Gasteiger partial charge in [-0.2, -0.15) is 0 Å². The highest BCUT2D eigenvalue weighted by atomic mass is 16.2. The van der Waals surface area contributed by atoms with E-state index in [4.69, 9.17) is 5.73 Å². The first-order valence-corrected chi connectivity index (χ1v) is 8.69. The van der Waals surface area contributed by atoms with Crippen LogP contribution in [0.25, 0.3) is 0 Å². The second-order valence-corrected chi connectivity index (χ2v) is 7.11. The van der Waals surface area contributed by atoms with Crippen LogP contribution in [0.3, 0.4) is 0 Å². The molecule has 2 aliphatic rings. The monoisotopic (exact) mass is 355 g/mol. The van der Waals surface area contributed by atoms with E-state index in [1.165, 1.54) is 5.56 Å². The molecule has 0 unspecified atom stereocenters. The van der Waals surface area contributed by atoms with E-state index in [1.54, 1.807) is 4.90 Å². The van der Waals surface area contributed by atoms with Gasteiger partial charge in [-0.05, 0) is 17.4 Å². The minimum absolute atomic E-state index is 0.111. The second-order valence-electron chi connectivity index (χ2n) is 7.11. The highest BCUT2D eigenvalue weighted by Crippen LogP contribution is 2.32. The number of fused-ring (bicyclic) bond motifs is 1. The predicted octanol–water partition coefficient (Wildman–Crippen LogP) is -0.151. The molecule has 8 nitrogen and oxygen atoms in total. The maximum absolute atomic E-state index is 12.7. The van der Waals surface area contributed by atoms with E-state index in [-0.39, 0.29) is 17.3 Å². The molecule has 1 amide bonds. The van der Waals surface area contributed by atoms with Gasteiger partial charge in [0.25, 0.3) is 11.5 Å². The molecule has 2 aromatic rings. The Balaban J connectivity index is 1.43. The van der Waals surface area contributed by atoms with Gasteiger partial charge in [-0.3, -0.25) is 19.5 Å². The number of benzene rings is 1.